The fraction of sp³-hybridized carbons (Fsp3) is 0.733. The molecule has 1 atom stereocenters. The molecule has 1 aliphatic rings. The molecule has 0 aliphatic carbocycles. The summed E-state index contributed by atoms with van der Waals surface area (Å²) in [4.78, 5) is 2.17. The average Bonchev–Trinajstić information content (AvgIpc) is 2.79. The van der Waals surface area contributed by atoms with Gasteiger partial charge in [-0.15, -0.1) is 0 Å². The van der Waals surface area contributed by atoms with Crippen LogP contribution in [0.25, 0.3) is 0 Å². The van der Waals surface area contributed by atoms with E-state index in [-0.39, 0.29) is 17.5 Å². The van der Waals surface area contributed by atoms with Crippen molar-refractivity contribution in [3.05, 3.63) is 23.7 Å². The van der Waals surface area contributed by atoms with Gasteiger partial charge in [-0.1, -0.05) is 13.8 Å². The highest BCUT2D eigenvalue weighted by Gasteiger charge is 2.28. The summed E-state index contributed by atoms with van der Waals surface area (Å²) in [5.41, 5.74) is 1.14. The molecule has 0 saturated carbocycles. The number of hydrogen-bond donors (Lipinski definition) is 1. The molecule has 1 aromatic rings. The van der Waals surface area contributed by atoms with Crippen LogP contribution in [-0.4, -0.2) is 44.0 Å². The number of nitrogens with one attached hydrogen (secondary N) is 1. The fourth-order valence-corrected chi connectivity index (χ4v) is 4.20. The van der Waals surface area contributed by atoms with Crippen molar-refractivity contribution < 1.29 is 12.8 Å². The predicted molar refractivity (Wildman–Crippen MR) is 83.8 cm³/mol. The van der Waals surface area contributed by atoms with Crippen molar-refractivity contribution in [2.75, 3.05) is 24.6 Å². The zero-order chi connectivity index (χ0) is 15.5. The summed E-state index contributed by atoms with van der Waals surface area (Å²) in [6.07, 6.45) is 1.79. The van der Waals surface area contributed by atoms with Crippen LogP contribution in [0.3, 0.4) is 0 Å². The van der Waals surface area contributed by atoms with Gasteiger partial charge in [0.05, 0.1) is 24.3 Å². The minimum absolute atomic E-state index is 0.0522. The van der Waals surface area contributed by atoms with E-state index in [1.165, 1.54) is 0 Å². The summed E-state index contributed by atoms with van der Waals surface area (Å²) in [5.74, 6) is 2.03. The van der Waals surface area contributed by atoms with Gasteiger partial charge in [0, 0.05) is 24.7 Å². The van der Waals surface area contributed by atoms with Gasteiger partial charge in [0.2, 0.25) is 0 Å². The third-order valence-corrected chi connectivity index (χ3v) is 5.55. The van der Waals surface area contributed by atoms with Gasteiger partial charge in [0.1, 0.15) is 5.76 Å². The third-order valence-electron chi connectivity index (χ3n) is 3.76. The van der Waals surface area contributed by atoms with Crippen LogP contribution in [0.4, 0.5) is 0 Å². The summed E-state index contributed by atoms with van der Waals surface area (Å²) in [7, 11) is -2.85. The minimum Gasteiger partial charge on any atom is -0.468 e. The van der Waals surface area contributed by atoms with Gasteiger partial charge in [-0.25, -0.2) is 8.42 Å². The summed E-state index contributed by atoms with van der Waals surface area (Å²) in [6, 6.07) is 2.11. The van der Waals surface area contributed by atoms with Gasteiger partial charge in [-0.2, -0.15) is 0 Å². The third kappa shape index (κ3) is 5.13. The second-order valence-corrected chi connectivity index (χ2v) is 8.61. The smallest absolute Gasteiger partial charge is 0.153 e. The van der Waals surface area contributed by atoms with Crippen molar-refractivity contribution in [1.82, 2.24) is 10.2 Å². The van der Waals surface area contributed by atoms with Crippen molar-refractivity contribution in [1.29, 1.82) is 0 Å². The van der Waals surface area contributed by atoms with Crippen LogP contribution < -0.4 is 5.32 Å². The summed E-state index contributed by atoms with van der Waals surface area (Å²) in [6.45, 7) is 9.39. The molecule has 1 unspecified atom stereocenters. The molecule has 1 fully saturated rings. The number of hydrogen-bond acceptors (Lipinski definition) is 5. The first-order valence-electron chi connectivity index (χ1n) is 7.57. The van der Waals surface area contributed by atoms with Gasteiger partial charge >= 0.3 is 0 Å². The monoisotopic (exact) mass is 314 g/mol. The van der Waals surface area contributed by atoms with Crippen molar-refractivity contribution in [2.24, 2.45) is 5.92 Å². The zero-order valence-corrected chi connectivity index (χ0v) is 13.9. The van der Waals surface area contributed by atoms with Crippen LogP contribution in [0.15, 0.2) is 16.7 Å². The molecule has 2 rings (SSSR count). The molecule has 1 aliphatic heterocycles. The molecule has 6 heteroatoms. The molecule has 120 valence electrons. The van der Waals surface area contributed by atoms with E-state index in [0.717, 1.165) is 24.4 Å². The molecule has 0 radical (unpaired) electrons. The SMILES string of the molecule is CC(C)CNCc1coc(CN2CCS(=O)(=O)CC2C)c1. The standard InChI is InChI=1S/C15H26N2O3S/c1-12(2)7-16-8-14-6-15(20-10-14)9-17-4-5-21(18,19)11-13(17)3/h6,10,12-13,16H,4-5,7-9,11H2,1-3H3. The van der Waals surface area contributed by atoms with Crippen LogP contribution in [-0.2, 0) is 22.9 Å². The molecule has 1 saturated heterocycles. The minimum atomic E-state index is -2.85. The molecule has 0 spiro atoms. The molecular weight excluding hydrogens is 288 g/mol. The second kappa shape index (κ2) is 6.94. The highest BCUT2D eigenvalue weighted by Crippen LogP contribution is 2.17. The van der Waals surface area contributed by atoms with Crippen molar-refractivity contribution >= 4 is 9.84 Å². The lowest BCUT2D eigenvalue weighted by Crippen LogP contribution is -2.46. The van der Waals surface area contributed by atoms with E-state index in [9.17, 15) is 8.42 Å². The predicted octanol–water partition coefficient (Wildman–Crippen LogP) is 1.64. The highest BCUT2D eigenvalue weighted by atomic mass is 32.2. The van der Waals surface area contributed by atoms with E-state index < -0.39 is 9.84 Å². The van der Waals surface area contributed by atoms with Gasteiger partial charge in [0.15, 0.2) is 9.84 Å². The number of nitrogens with zero attached hydrogens (tertiary/aromatic N) is 1. The Labute approximate surface area is 127 Å². The van der Waals surface area contributed by atoms with E-state index >= 15 is 0 Å². The first-order chi connectivity index (χ1) is 9.85. The maximum absolute atomic E-state index is 11.6. The van der Waals surface area contributed by atoms with E-state index in [1.54, 1.807) is 6.26 Å². The Morgan fingerprint density at radius 1 is 1.48 bits per heavy atom. The Kier molecular flexibility index (Phi) is 5.46. The van der Waals surface area contributed by atoms with Gasteiger partial charge in [-0.3, -0.25) is 4.90 Å². The van der Waals surface area contributed by atoms with E-state index in [1.807, 2.05) is 6.92 Å². The maximum Gasteiger partial charge on any atom is 0.153 e. The lowest BCUT2D eigenvalue weighted by molar-refractivity contribution is 0.201. The van der Waals surface area contributed by atoms with Gasteiger partial charge in [-0.05, 0) is 25.5 Å². The van der Waals surface area contributed by atoms with Crippen LogP contribution >= 0.6 is 0 Å². The van der Waals surface area contributed by atoms with Gasteiger partial charge < -0.3 is 9.73 Å². The number of furan rings is 1. The zero-order valence-electron chi connectivity index (χ0n) is 13.1. The van der Waals surface area contributed by atoms with E-state index in [2.05, 4.69) is 30.1 Å². The Morgan fingerprint density at radius 2 is 2.24 bits per heavy atom. The Morgan fingerprint density at radius 3 is 2.90 bits per heavy atom. The molecule has 1 aromatic heterocycles. The Bertz CT molecular complexity index is 551. The largest absolute Gasteiger partial charge is 0.468 e. The van der Waals surface area contributed by atoms with Crippen molar-refractivity contribution in [3.8, 4) is 0 Å². The molecule has 0 aromatic carbocycles. The van der Waals surface area contributed by atoms with Crippen LogP contribution in [0, 0.1) is 5.92 Å². The molecule has 1 N–H and O–H groups in total. The summed E-state index contributed by atoms with van der Waals surface area (Å²) >= 11 is 0. The molecule has 21 heavy (non-hydrogen) atoms. The summed E-state index contributed by atoms with van der Waals surface area (Å²) in [5, 5.41) is 3.38. The van der Waals surface area contributed by atoms with Crippen molar-refractivity contribution in [2.45, 2.75) is 39.9 Å². The first-order valence-corrected chi connectivity index (χ1v) is 9.39. The lowest BCUT2D eigenvalue weighted by atomic mass is 10.2. The second-order valence-electron chi connectivity index (χ2n) is 6.38. The topological polar surface area (TPSA) is 62.6 Å². The lowest BCUT2D eigenvalue weighted by Gasteiger charge is -2.32. The number of sulfone groups is 1. The normalized spacial score (nSPS) is 22.8. The molecule has 0 amide bonds. The number of rotatable bonds is 6. The van der Waals surface area contributed by atoms with Crippen LogP contribution in [0.1, 0.15) is 32.1 Å². The van der Waals surface area contributed by atoms with E-state index in [4.69, 9.17) is 4.42 Å². The molecule has 5 nitrogen and oxygen atoms in total. The Balaban J connectivity index is 1.85. The molecule has 2 heterocycles. The van der Waals surface area contributed by atoms with Crippen LogP contribution in [0.2, 0.25) is 0 Å². The fourth-order valence-electron chi connectivity index (χ4n) is 2.58. The first kappa shape index (κ1) is 16.5. The summed E-state index contributed by atoms with van der Waals surface area (Å²) < 4.78 is 28.7. The highest BCUT2D eigenvalue weighted by molar-refractivity contribution is 7.91. The van der Waals surface area contributed by atoms with E-state index in [0.29, 0.717) is 19.0 Å². The van der Waals surface area contributed by atoms with Crippen LogP contribution in [0.5, 0.6) is 0 Å². The maximum atomic E-state index is 11.6. The average molecular weight is 314 g/mol. The quantitative estimate of drug-likeness (QED) is 0.865. The Hall–Kier alpha value is -0.850. The van der Waals surface area contributed by atoms with Gasteiger partial charge in [0.25, 0.3) is 0 Å². The molecular formula is C15H26N2O3S. The molecule has 0 bridgehead atoms. The van der Waals surface area contributed by atoms with Crippen molar-refractivity contribution in [3.63, 3.8) is 0 Å².